The van der Waals surface area contributed by atoms with E-state index in [4.69, 9.17) is 4.74 Å². The highest BCUT2D eigenvalue weighted by Crippen LogP contribution is 2.14. The van der Waals surface area contributed by atoms with Gasteiger partial charge in [0.05, 0.1) is 0 Å². The molecule has 1 N–H and O–H groups in total. The second kappa shape index (κ2) is 22.8. The molecule has 0 aromatic carbocycles. The third-order valence-electron chi connectivity index (χ3n) is 5.80. The minimum atomic E-state index is -1.16. The Morgan fingerprint density at radius 1 is 0.600 bits per heavy atom. The molecule has 0 aliphatic rings. The molecule has 1 atom stereocenters. The molecule has 0 aromatic rings. The van der Waals surface area contributed by atoms with Gasteiger partial charge in [-0.05, 0) is 12.8 Å². The van der Waals surface area contributed by atoms with Crippen molar-refractivity contribution in [1.82, 2.24) is 0 Å². The van der Waals surface area contributed by atoms with Gasteiger partial charge in [-0.2, -0.15) is 0 Å². The summed E-state index contributed by atoms with van der Waals surface area (Å²) in [4.78, 5) is 23.4. The Kier molecular flexibility index (Phi) is 22.1. The van der Waals surface area contributed by atoms with Gasteiger partial charge in [-0.1, -0.05) is 129 Å². The molecule has 0 bridgehead atoms. The lowest BCUT2D eigenvalue weighted by molar-refractivity contribution is -0.166. The van der Waals surface area contributed by atoms with Crippen LogP contribution < -0.4 is 0 Å². The number of hydrogen-bond donors (Lipinski definition) is 1. The Labute approximate surface area is 186 Å². The zero-order chi connectivity index (χ0) is 22.3. The number of aliphatic hydroxyl groups excluding tert-OH is 1. The molecule has 0 aliphatic carbocycles. The average Bonchev–Trinajstić information content (AvgIpc) is 2.73. The molecule has 0 fully saturated rings. The van der Waals surface area contributed by atoms with E-state index >= 15 is 0 Å². The van der Waals surface area contributed by atoms with Crippen LogP contribution in [0.5, 0.6) is 0 Å². The molecule has 0 rings (SSSR count). The first-order valence-electron chi connectivity index (χ1n) is 13.0. The van der Waals surface area contributed by atoms with Crippen LogP contribution in [0.3, 0.4) is 0 Å². The minimum Gasteiger partial charge on any atom is -0.391 e. The molecule has 4 nitrogen and oxygen atoms in total. The highest BCUT2D eigenvalue weighted by Gasteiger charge is 2.19. The number of ether oxygens (including phenoxy) is 1. The number of carbonyl (C=O) groups is 2. The van der Waals surface area contributed by atoms with Gasteiger partial charge in [0.25, 0.3) is 0 Å². The first-order chi connectivity index (χ1) is 14.6. The number of aliphatic hydroxyl groups is 1. The first-order valence-corrected chi connectivity index (χ1v) is 13.0. The molecule has 0 aliphatic heterocycles. The van der Waals surface area contributed by atoms with Crippen molar-refractivity contribution in [2.45, 2.75) is 155 Å². The average molecular weight is 427 g/mol. The van der Waals surface area contributed by atoms with Gasteiger partial charge in [0.15, 0.2) is 6.10 Å². The number of esters is 2. The molecule has 0 spiro atoms. The van der Waals surface area contributed by atoms with Gasteiger partial charge >= 0.3 is 11.9 Å². The Balaban J connectivity index is 3.37. The fourth-order valence-electron chi connectivity index (χ4n) is 3.75. The molecule has 0 amide bonds. The molecule has 0 saturated heterocycles. The summed E-state index contributed by atoms with van der Waals surface area (Å²) >= 11 is 0. The second-order valence-electron chi connectivity index (χ2n) is 8.86. The number of rotatable bonds is 22. The maximum atomic E-state index is 11.7. The lowest BCUT2D eigenvalue weighted by atomic mass is 10.0. The van der Waals surface area contributed by atoms with Crippen LogP contribution in [0.2, 0.25) is 0 Å². The molecular weight excluding hydrogens is 376 g/mol. The molecule has 4 heteroatoms. The van der Waals surface area contributed by atoms with Crippen LogP contribution in [0, 0.1) is 0 Å². The molecule has 178 valence electrons. The highest BCUT2D eigenvalue weighted by atomic mass is 16.6. The maximum absolute atomic E-state index is 11.7. The molecule has 1 unspecified atom stereocenters. The summed E-state index contributed by atoms with van der Waals surface area (Å²) in [6, 6.07) is 0. The Bertz CT molecular complexity index is 394. The van der Waals surface area contributed by atoms with Gasteiger partial charge in [0.1, 0.15) is 0 Å². The van der Waals surface area contributed by atoms with E-state index in [2.05, 4.69) is 13.8 Å². The van der Waals surface area contributed by atoms with Crippen molar-refractivity contribution in [3.8, 4) is 0 Å². The standard InChI is InChI=1S/C26H50O4/c1-3-5-7-9-10-11-12-13-14-15-16-17-18-19-21-23-25(28)30-26(29)24(27)22-20-8-6-4-2/h24,27H,3-23H2,1-2H3. The van der Waals surface area contributed by atoms with Crippen LogP contribution in [-0.2, 0) is 14.3 Å². The number of carbonyl (C=O) groups excluding carboxylic acids is 2. The van der Waals surface area contributed by atoms with E-state index < -0.39 is 18.0 Å². The van der Waals surface area contributed by atoms with E-state index in [1.165, 1.54) is 77.0 Å². The van der Waals surface area contributed by atoms with Crippen LogP contribution in [-0.4, -0.2) is 23.1 Å². The normalized spacial score (nSPS) is 12.1. The number of unbranched alkanes of at least 4 members (excludes halogenated alkanes) is 17. The molecule has 0 saturated carbocycles. The Hall–Kier alpha value is -0.900. The van der Waals surface area contributed by atoms with E-state index in [9.17, 15) is 14.7 Å². The largest absolute Gasteiger partial charge is 0.391 e. The van der Waals surface area contributed by atoms with Gasteiger partial charge < -0.3 is 9.84 Å². The summed E-state index contributed by atoms with van der Waals surface area (Å²) in [5, 5.41) is 9.74. The Morgan fingerprint density at radius 2 is 0.967 bits per heavy atom. The van der Waals surface area contributed by atoms with Crippen molar-refractivity contribution in [3.05, 3.63) is 0 Å². The SMILES string of the molecule is CCCCCCCCCCCCCCCCCC(=O)OC(=O)C(O)CCCCCC. The number of hydrogen-bond acceptors (Lipinski definition) is 4. The van der Waals surface area contributed by atoms with Crippen molar-refractivity contribution >= 4 is 11.9 Å². The van der Waals surface area contributed by atoms with Crippen LogP contribution in [0.4, 0.5) is 0 Å². The zero-order valence-corrected chi connectivity index (χ0v) is 20.1. The summed E-state index contributed by atoms with van der Waals surface area (Å²) < 4.78 is 4.76. The zero-order valence-electron chi connectivity index (χ0n) is 20.1. The van der Waals surface area contributed by atoms with E-state index in [0.717, 1.165) is 44.9 Å². The molecule has 0 aromatic heterocycles. The third kappa shape index (κ3) is 20.4. The van der Waals surface area contributed by atoms with E-state index in [1.807, 2.05) is 0 Å². The van der Waals surface area contributed by atoms with Gasteiger partial charge in [-0.15, -0.1) is 0 Å². The fraction of sp³-hybridized carbons (Fsp3) is 0.923. The molecule has 0 heterocycles. The summed E-state index contributed by atoms with van der Waals surface area (Å²) in [5.74, 6) is -1.28. The minimum absolute atomic E-state index is 0.270. The van der Waals surface area contributed by atoms with Crippen LogP contribution in [0.15, 0.2) is 0 Å². The van der Waals surface area contributed by atoms with E-state index in [1.54, 1.807) is 0 Å². The molecule has 0 radical (unpaired) electrons. The van der Waals surface area contributed by atoms with Crippen molar-refractivity contribution < 1.29 is 19.4 Å². The van der Waals surface area contributed by atoms with Crippen LogP contribution in [0.1, 0.15) is 149 Å². The van der Waals surface area contributed by atoms with Crippen molar-refractivity contribution in [1.29, 1.82) is 0 Å². The Morgan fingerprint density at radius 3 is 1.40 bits per heavy atom. The van der Waals surface area contributed by atoms with Gasteiger partial charge in [-0.3, -0.25) is 4.79 Å². The lowest BCUT2D eigenvalue weighted by Crippen LogP contribution is -2.25. The fourth-order valence-corrected chi connectivity index (χ4v) is 3.75. The summed E-state index contributed by atoms with van der Waals surface area (Å²) in [6.07, 6.45) is 22.7. The molecular formula is C26H50O4. The summed E-state index contributed by atoms with van der Waals surface area (Å²) in [5.41, 5.74) is 0. The van der Waals surface area contributed by atoms with Crippen molar-refractivity contribution in [2.24, 2.45) is 0 Å². The van der Waals surface area contributed by atoms with Crippen LogP contribution in [0.25, 0.3) is 0 Å². The first kappa shape index (κ1) is 29.1. The van der Waals surface area contributed by atoms with E-state index in [-0.39, 0.29) is 6.42 Å². The molecule has 30 heavy (non-hydrogen) atoms. The third-order valence-corrected chi connectivity index (χ3v) is 5.80. The predicted octanol–water partition coefficient (Wildman–Crippen LogP) is 7.65. The topological polar surface area (TPSA) is 63.6 Å². The van der Waals surface area contributed by atoms with Gasteiger partial charge in [0, 0.05) is 6.42 Å². The smallest absolute Gasteiger partial charge is 0.342 e. The van der Waals surface area contributed by atoms with Gasteiger partial charge in [0.2, 0.25) is 0 Å². The maximum Gasteiger partial charge on any atom is 0.342 e. The predicted molar refractivity (Wildman–Crippen MR) is 125 cm³/mol. The summed E-state index contributed by atoms with van der Waals surface area (Å²) in [7, 11) is 0. The van der Waals surface area contributed by atoms with Crippen LogP contribution >= 0.6 is 0 Å². The lowest BCUT2D eigenvalue weighted by Gasteiger charge is -2.09. The monoisotopic (exact) mass is 426 g/mol. The van der Waals surface area contributed by atoms with E-state index in [0.29, 0.717) is 6.42 Å². The van der Waals surface area contributed by atoms with Gasteiger partial charge in [-0.25, -0.2) is 4.79 Å². The highest BCUT2D eigenvalue weighted by molar-refractivity contribution is 5.87. The second-order valence-corrected chi connectivity index (χ2v) is 8.86. The quantitative estimate of drug-likeness (QED) is 0.110. The van der Waals surface area contributed by atoms with Crippen molar-refractivity contribution in [3.63, 3.8) is 0 Å². The summed E-state index contributed by atoms with van der Waals surface area (Å²) in [6.45, 7) is 4.38. The van der Waals surface area contributed by atoms with Crippen molar-refractivity contribution in [2.75, 3.05) is 0 Å².